The molecule has 0 aliphatic heterocycles. The maximum atomic E-state index is 13.4. The molecule has 0 spiro atoms. The van der Waals surface area contributed by atoms with E-state index in [1.807, 2.05) is 0 Å². The molecule has 1 amide bonds. The molecule has 3 rings (SSSR count). The van der Waals surface area contributed by atoms with Gasteiger partial charge in [0.2, 0.25) is 15.9 Å². The minimum Gasteiger partial charge on any atom is -0.493 e. The fraction of sp³-hybridized carbons (Fsp3) is 0.240. The summed E-state index contributed by atoms with van der Waals surface area (Å²) in [7, 11) is -0.963. The first-order valence-electron chi connectivity index (χ1n) is 10.7. The fourth-order valence-corrected chi connectivity index (χ4v) is 5.15. The van der Waals surface area contributed by atoms with E-state index in [2.05, 4.69) is 5.32 Å². The van der Waals surface area contributed by atoms with Crippen molar-refractivity contribution in [2.24, 2.45) is 0 Å². The Kier molecular flexibility index (Phi) is 9.02. The molecule has 1 unspecified atom stereocenters. The van der Waals surface area contributed by atoms with E-state index in [1.165, 1.54) is 38.5 Å². The molecule has 0 fully saturated rings. The second-order valence-corrected chi connectivity index (χ2v) is 10.5. The molecule has 0 bridgehead atoms. The van der Waals surface area contributed by atoms with Crippen molar-refractivity contribution in [2.75, 3.05) is 20.8 Å². The number of ether oxygens (including phenoxy) is 2. The smallest absolute Gasteiger partial charge is 0.243 e. The van der Waals surface area contributed by atoms with Gasteiger partial charge in [0.15, 0.2) is 11.5 Å². The van der Waals surface area contributed by atoms with Gasteiger partial charge in [-0.25, -0.2) is 8.42 Å². The van der Waals surface area contributed by atoms with Crippen molar-refractivity contribution in [1.82, 2.24) is 9.62 Å². The van der Waals surface area contributed by atoms with Crippen LogP contribution in [0.1, 0.15) is 24.1 Å². The zero-order chi connectivity index (χ0) is 25.6. The quantitative estimate of drug-likeness (QED) is 0.390. The summed E-state index contributed by atoms with van der Waals surface area (Å²) >= 11 is 12.2. The summed E-state index contributed by atoms with van der Waals surface area (Å²) in [4.78, 5) is 13.0. The average molecular weight is 537 g/mol. The van der Waals surface area contributed by atoms with E-state index >= 15 is 0 Å². The maximum absolute atomic E-state index is 13.4. The molecule has 1 atom stereocenters. The highest BCUT2D eigenvalue weighted by Gasteiger charge is 2.28. The molecular weight excluding hydrogens is 511 g/mol. The normalized spacial score (nSPS) is 12.3. The van der Waals surface area contributed by atoms with Gasteiger partial charge in [-0.15, -0.1) is 0 Å². The van der Waals surface area contributed by atoms with Gasteiger partial charge in [0.05, 0.1) is 31.7 Å². The molecule has 0 aromatic heterocycles. The second-order valence-electron chi connectivity index (χ2n) is 7.72. The van der Waals surface area contributed by atoms with Crippen LogP contribution < -0.4 is 14.8 Å². The van der Waals surface area contributed by atoms with Crippen LogP contribution >= 0.6 is 23.2 Å². The molecular formula is C25H26Cl2N2O5S. The lowest BCUT2D eigenvalue weighted by Gasteiger charge is -2.24. The third-order valence-corrected chi connectivity index (χ3v) is 7.79. The lowest BCUT2D eigenvalue weighted by Crippen LogP contribution is -2.41. The lowest BCUT2D eigenvalue weighted by molar-refractivity contribution is -0.122. The van der Waals surface area contributed by atoms with Crippen LogP contribution in [0.5, 0.6) is 11.5 Å². The molecule has 186 valence electrons. The third kappa shape index (κ3) is 6.67. The minimum absolute atomic E-state index is 0.0229. The Labute approximate surface area is 215 Å². The zero-order valence-electron chi connectivity index (χ0n) is 19.5. The SMILES string of the molecule is COc1ccc(C(C)NC(=O)CN(Cc2ccccc2Cl)S(=O)(=O)c2ccc(Cl)cc2)cc1OC. The summed E-state index contributed by atoms with van der Waals surface area (Å²) in [6.07, 6.45) is 0. The highest BCUT2D eigenvalue weighted by Crippen LogP contribution is 2.30. The lowest BCUT2D eigenvalue weighted by atomic mass is 10.1. The molecule has 0 aliphatic rings. The van der Waals surface area contributed by atoms with Gasteiger partial charge in [-0.2, -0.15) is 4.31 Å². The molecule has 0 radical (unpaired) electrons. The van der Waals surface area contributed by atoms with Crippen molar-refractivity contribution in [3.8, 4) is 11.5 Å². The summed E-state index contributed by atoms with van der Waals surface area (Å²) in [6.45, 7) is 1.31. The van der Waals surface area contributed by atoms with E-state index < -0.39 is 28.5 Å². The summed E-state index contributed by atoms with van der Waals surface area (Å²) in [5.41, 5.74) is 1.35. The van der Waals surface area contributed by atoms with Crippen molar-refractivity contribution in [2.45, 2.75) is 24.4 Å². The maximum Gasteiger partial charge on any atom is 0.243 e. The van der Waals surface area contributed by atoms with Gasteiger partial charge in [-0.3, -0.25) is 4.79 Å². The van der Waals surface area contributed by atoms with Crippen LogP contribution in [-0.4, -0.2) is 39.4 Å². The van der Waals surface area contributed by atoms with Crippen LogP contribution in [0.15, 0.2) is 71.6 Å². The van der Waals surface area contributed by atoms with E-state index in [1.54, 1.807) is 49.4 Å². The molecule has 0 saturated heterocycles. The second kappa shape index (κ2) is 11.8. The highest BCUT2D eigenvalue weighted by molar-refractivity contribution is 7.89. The summed E-state index contributed by atoms with van der Waals surface area (Å²) < 4.78 is 38.5. The standard InChI is InChI=1S/C25H26Cl2N2O5S/c1-17(18-8-13-23(33-2)24(14-18)34-3)28-25(30)16-29(15-19-6-4-5-7-22(19)27)35(31,32)21-11-9-20(26)10-12-21/h4-14,17H,15-16H2,1-3H3,(H,28,30). The van der Waals surface area contributed by atoms with E-state index in [0.29, 0.717) is 27.1 Å². The van der Waals surface area contributed by atoms with Gasteiger partial charge in [0.25, 0.3) is 0 Å². The van der Waals surface area contributed by atoms with Crippen LogP contribution in [0, 0.1) is 0 Å². The first kappa shape index (κ1) is 26.8. The molecule has 1 N–H and O–H groups in total. The Morgan fingerprint density at radius 1 is 0.971 bits per heavy atom. The van der Waals surface area contributed by atoms with Gasteiger partial charge in [-0.1, -0.05) is 47.5 Å². The van der Waals surface area contributed by atoms with Crippen molar-refractivity contribution < 1.29 is 22.7 Å². The molecule has 35 heavy (non-hydrogen) atoms. The summed E-state index contributed by atoms with van der Waals surface area (Å²) in [6, 6.07) is 17.6. The van der Waals surface area contributed by atoms with E-state index in [4.69, 9.17) is 32.7 Å². The largest absolute Gasteiger partial charge is 0.493 e. The van der Waals surface area contributed by atoms with Crippen LogP contribution in [0.4, 0.5) is 0 Å². The number of carbonyl (C=O) groups is 1. The predicted molar refractivity (Wildman–Crippen MR) is 137 cm³/mol. The van der Waals surface area contributed by atoms with Crippen LogP contribution in [0.2, 0.25) is 10.0 Å². The molecule has 7 nitrogen and oxygen atoms in total. The van der Waals surface area contributed by atoms with E-state index in [-0.39, 0.29) is 11.4 Å². The van der Waals surface area contributed by atoms with Crippen molar-refractivity contribution in [3.63, 3.8) is 0 Å². The van der Waals surface area contributed by atoms with Crippen molar-refractivity contribution >= 4 is 39.1 Å². The number of rotatable bonds is 10. The Balaban J connectivity index is 1.84. The highest BCUT2D eigenvalue weighted by atomic mass is 35.5. The number of benzene rings is 3. The van der Waals surface area contributed by atoms with Crippen LogP contribution in [0.25, 0.3) is 0 Å². The molecule has 0 heterocycles. The number of nitrogens with zero attached hydrogens (tertiary/aromatic N) is 1. The number of nitrogens with one attached hydrogen (secondary N) is 1. The van der Waals surface area contributed by atoms with Gasteiger partial charge < -0.3 is 14.8 Å². The Morgan fingerprint density at radius 3 is 2.26 bits per heavy atom. The summed E-state index contributed by atoms with van der Waals surface area (Å²) in [5, 5.41) is 3.66. The summed E-state index contributed by atoms with van der Waals surface area (Å²) in [5.74, 6) is 0.614. The van der Waals surface area contributed by atoms with Crippen molar-refractivity contribution in [3.05, 3.63) is 87.9 Å². The first-order valence-corrected chi connectivity index (χ1v) is 12.9. The van der Waals surface area contributed by atoms with Crippen LogP contribution in [-0.2, 0) is 21.4 Å². The zero-order valence-corrected chi connectivity index (χ0v) is 21.8. The van der Waals surface area contributed by atoms with Gasteiger partial charge in [0, 0.05) is 16.6 Å². The number of hydrogen-bond acceptors (Lipinski definition) is 5. The third-order valence-electron chi connectivity index (χ3n) is 5.36. The number of sulfonamides is 1. The number of amides is 1. The predicted octanol–water partition coefficient (Wildman–Crippen LogP) is 5.08. The fourth-order valence-electron chi connectivity index (χ4n) is 3.45. The molecule has 10 heteroatoms. The Morgan fingerprint density at radius 2 is 1.63 bits per heavy atom. The minimum atomic E-state index is -4.03. The Hall–Kier alpha value is -2.78. The molecule has 0 aliphatic carbocycles. The van der Waals surface area contributed by atoms with E-state index in [0.717, 1.165) is 9.87 Å². The van der Waals surface area contributed by atoms with Gasteiger partial charge >= 0.3 is 0 Å². The molecule has 3 aromatic rings. The first-order chi connectivity index (χ1) is 16.6. The van der Waals surface area contributed by atoms with Gasteiger partial charge in [-0.05, 0) is 60.5 Å². The molecule has 0 saturated carbocycles. The van der Waals surface area contributed by atoms with Crippen molar-refractivity contribution in [1.29, 1.82) is 0 Å². The average Bonchev–Trinajstić information content (AvgIpc) is 2.84. The number of methoxy groups -OCH3 is 2. The monoisotopic (exact) mass is 536 g/mol. The Bertz CT molecular complexity index is 1280. The topological polar surface area (TPSA) is 84.9 Å². The number of carbonyl (C=O) groups excluding carboxylic acids is 1. The van der Waals surface area contributed by atoms with Gasteiger partial charge in [0.1, 0.15) is 0 Å². The number of hydrogen-bond donors (Lipinski definition) is 1. The number of halogens is 2. The van der Waals surface area contributed by atoms with Crippen LogP contribution in [0.3, 0.4) is 0 Å². The molecule has 3 aromatic carbocycles. The van der Waals surface area contributed by atoms with E-state index in [9.17, 15) is 13.2 Å².